The van der Waals surface area contributed by atoms with Gasteiger partial charge in [0.15, 0.2) is 0 Å². The van der Waals surface area contributed by atoms with Gasteiger partial charge >= 0.3 is 5.97 Å². The van der Waals surface area contributed by atoms with Gasteiger partial charge in [-0.1, -0.05) is 48.6 Å². The Balaban J connectivity index is 1.80. The minimum Gasteiger partial charge on any atom is -0.447 e. The molecular formula is C22H22N2O5. The van der Waals surface area contributed by atoms with Crippen LogP contribution in [0.25, 0.3) is 0 Å². The highest BCUT2D eigenvalue weighted by Crippen LogP contribution is 2.28. The molecule has 0 radical (unpaired) electrons. The Morgan fingerprint density at radius 2 is 2.00 bits per heavy atom. The highest BCUT2D eigenvalue weighted by atomic mass is 16.6. The van der Waals surface area contributed by atoms with Gasteiger partial charge in [-0.25, -0.2) is 0 Å². The van der Waals surface area contributed by atoms with Crippen LogP contribution in [0, 0.1) is 23.0 Å². The first-order valence-electron chi connectivity index (χ1n) is 9.41. The maximum atomic E-state index is 12.9. The van der Waals surface area contributed by atoms with Crippen LogP contribution in [0.1, 0.15) is 36.5 Å². The third-order valence-corrected chi connectivity index (χ3v) is 4.74. The van der Waals surface area contributed by atoms with E-state index in [0.717, 1.165) is 12.8 Å². The summed E-state index contributed by atoms with van der Waals surface area (Å²) in [5.74, 6) is -1.01. The van der Waals surface area contributed by atoms with Crippen molar-refractivity contribution in [3.63, 3.8) is 0 Å². The molecule has 1 amide bonds. The molecule has 0 heterocycles. The molecule has 0 saturated carbocycles. The zero-order chi connectivity index (χ0) is 20.8. The Bertz CT molecular complexity index is 939. The molecule has 29 heavy (non-hydrogen) atoms. The van der Waals surface area contributed by atoms with E-state index in [2.05, 4.69) is 5.32 Å². The molecule has 1 aliphatic rings. The summed E-state index contributed by atoms with van der Waals surface area (Å²) >= 11 is 0. The predicted molar refractivity (Wildman–Crippen MR) is 108 cm³/mol. The lowest BCUT2D eigenvalue weighted by molar-refractivity contribution is -0.384. The van der Waals surface area contributed by atoms with Gasteiger partial charge in [0.2, 0.25) is 6.10 Å². The van der Waals surface area contributed by atoms with Crippen molar-refractivity contribution in [2.75, 3.05) is 5.32 Å². The number of hydrogen-bond donors (Lipinski definition) is 1. The Morgan fingerprint density at radius 3 is 2.66 bits per heavy atom. The zero-order valence-corrected chi connectivity index (χ0v) is 16.0. The average Bonchev–Trinajstić information content (AvgIpc) is 3.21. The molecule has 1 N–H and O–H groups in total. The van der Waals surface area contributed by atoms with Crippen molar-refractivity contribution in [1.29, 1.82) is 0 Å². The van der Waals surface area contributed by atoms with Crippen molar-refractivity contribution in [3.05, 3.63) is 81.9 Å². The van der Waals surface area contributed by atoms with E-state index in [9.17, 15) is 19.7 Å². The van der Waals surface area contributed by atoms with E-state index in [-0.39, 0.29) is 23.7 Å². The lowest BCUT2D eigenvalue weighted by Gasteiger charge is -2.19. The summed E-state index contributed by atoms with van der Waals surface area (Å²) in [5.41, 5.74) is 1.04. The number of aryl methyl sites for hydroxylation is 1. The Labute approximate surface area is 168 Å². The lowest BCUT2D eigenvalue weighted by atomic mass is 10.1. The normalized spacial score (nSPS) is 16.2. The number of nitro benzene ring substituents is 1. The fraction of sp³-hybridized carbons (Fsp3) is 0.273. The first kappa shape index (κ1) is 20.3. The standard InChI is InChI=1S/C22H22N2O5/c1-15-11-12-18(19(13-15)24(27)28)23-22(26)21(17-9-3-2-4-10-17)29-20(25)14-16-7-5-6-8-16/h2-5,7,9-13,16,21H,6,8,14H2,1H3,(H,23,26)/t16-,21-/m1/s1. The van der Waals surface area contributed by atoms with Crippen molar-refractivity contribution >= 4 is 23.3 Å². The first-order valence-corrected chi connectivity index (χ1v) is 9.41. The predicted octanol–water partition coefficient (Wildman–Crippen LogP) is 4.48. The highest BCUT2D eigenvalue weighted by Gasteiger charge is 2.28. The van der Waals surface area contributed by atoms with E-state index in [1.807, 2.05) is 12.2 Å². The maximum Gasteiger partial charge on any atom is 0.307 e. The molecule has 2 aromatic carbocycles. The molecule has 0 spiro atoms. The van der Waals surface area contributed by atoms with Crippen LogP contribution in [-0.2, 0) is 14.3 Å². The van der Waals surface area contributed by atoms with E-state index < -0.39 is 22.9 Å². The average molecular weight is 394 g/mol. The van der Waals surface area contributed by atoms with Gasteiger partial charge in [0.1, 0.15) is 5.69 Å². The Kier molecular flexibility index (Phi) is 6.39. The molecule has 0 saturated heterocycles. The van der Waals surface area contributed by atoms with E-state index >= 15 is 0 Å². The van der Waals surface area contributed by atoms with Gasteiger partial charge in [-0.3, -0.25) is 19.7 Å². The van der Waals surface area contributed by atoms with Crippen molar-refractivity contribution in [2.45, 2.75) is 32.3 Å². The molecule has 0 bridgehead atoms. The van der Waals surface area contributed by atoms with Gasteiger partial charge < -0.3 is 10.1 Å². The molecule has 0 aromatic heterocycles. The molecule has 0 fully saturated rings. The van der Waals surface area contributed by atoms with Gasteiger partial charge in [0, 0.05) is 11.6 Å². The number of allylic oxidation sites excluding steroid dienone is 2. The number of rotatable bonds is 7. The molecule has 0 unspecified atom stereocenters. The van der Waals surface area contributed by atoms with E-state index in [0.29, 0.717) is 11.1 Å². The van der Waals surface area contributed by atoms with E-state index in [1.165, 1.54) is 12.1 Å². The number of benzene rings is 2. The number of carbonyl (C=O) groups excluding carboxylic acids is 2. The minimum absolute atomic E-state index is 0.0568. The van der Waals surface area contributed by atoms with Crippen LogP contribution in [0.4, 0.5) is 11.4 Å². The van der Waals surface area contributed by atoms with Crippen molar-refractivity contribution in [2.24, 2.45) is 5.92 Å². The van der Waals surface area contributed by atoms with Gasteiger partial charge in [-0.05, 0) is 37.3 Å². The molecule has 150 valence electrons. The first-order chi connectivity index (χ1) is 13.9. The van der Waals surface area contributed by atoms with Crippen LogP contribution in [0.15, 0.2) is 60.7 Å². The number of carbonyl (C=O) groups is 2. The molecule has 7 heteroatoms. The Hall–Kier alpha value is -3.48. The van der Waals surface area contributed by atoms with Crippen molar-refractivity contribution in [1.82, 2.24) is 0 Å². The van der Waals surface area contributed by atoms with Crippen LogP contribution in [-0.4, -0.2) is 16.8 Å². The second kappa shape index (κ2) is 9.14. The second-order valence-electron chi connectivity index (χ2n) is 7.02. The lowest BCUT2D eigenvalue weighted by Crippen LogP contribution is -2.26. The summed E-state index contributed by atoms with van der Waals surface area (Å²) < 4.78 is 5.50. The van der Waals surface area contributed by atoms with Crippen LogP contribution in [0.3, 0.4) is 0 Å². The smallest absolute Gasteiger partial charge is 0.307 e. The van der Waals surface area contributed by atoms with Crippen molar-refractivity contribution < 1.29 is 19.2 Å². The third-order valence-electron chi connectivity index (χ3n) is 4.74. The third kappa shape index (κ3) is 5.28. The molecule has 1 aliphatic carbocycles. The summed E-state index contributed by atoms with van der Waals surface area (Å²) in [7, 11) is 0. The number of hydrogen-bond acceptors (Lipinski definition) is 5. The van der Waals surface area contributed by atoms with Crippen LogP contribution in [0.5, 0.6) is 0 Å². The fourth-order valence-electron chi connectivity index (χ4n) is 3.26. The summed E-state index contributed by atoms with van der Waals surface area (Å²) in [6.07, 6.45) is 4.81. The van der Waals surface area contributed by atoms with Crippen LogP contribution >= 0.6 is 0 Å². The summed E-state index contributed by atoms with van der Waals surface area (Å²) in [6.45, 7) is 1.73. The SMILES string of the molecule is Cc1ccc(NC(=O)[C@H](OC(=O)C[C@@H]2C=CCC2)c2ccccc2)c([N+](=O)[O-])c1. The van der Waals surface area contributed by atoms with Crippen LogP contribution in [0.2, 0.25) is 0 Å². The summed E-state index contributed by atoms with van der Waals surface area (Å²) in [5, 5.41) is 13.9. The topological polar surface area (TPSA) is 98.5 Å². The van der Waals surface area contributed by atoms with Gasteiger partial charge in [0.05, 0.1) is 11.3 Å². The van der Waals surface area contributed by atoms with E-state index in [4.69, 9.17) is 4.74 Å². The van der Waals surface area contributed by atoms with Crippen molar-refractivity contribution in [3.8, 4) is 0 Å². The second-order valence-corrected chi connectivity index (χ2v) is 7.02. The number of ether oxygens (including phenoxy) is 1. The summed E-state index contributed by atoms with van der Waals surface area (Å²) in [4.78, 5) is 36.1. The zero-order valence-electron chi connectivity index (χ0n) is 16.0. The van der Waals surface area contributed by atoms with Gasteiger partial charge in [0.25, 0.3) is 11.6 Å². The quantitative estimate of drug-likeness (QED) is 0.323. The minimum atomic E-state index is -1.20. The molecule has 2 atom stereocenters. The fourth-order valence-corrected chi connectivity index (χ4v) is 3.26. The number of nitro groups is 1. The molecule has 0 aliphatic heterocycles. The van der Waals surface area contributed by atoms with Gasteiger partial charge in [-0.2, -0.15) is 0 Å². The number of nitrogens with zero attached hydrogens (tertiary/aromatic N) is 1. The monoisotopic (exact) mass is 394 g/mol. The number of anilines is 1. The highest BCUT2D eigenvalue weighted by molar-refractivity contribution is 5.97. The van der Waals surface area contributed by atoms with Crippen LogP contribution < -0.4 is 5.32 Å². The largest absolute Gasteiger partial charge is 0.447 e. The molecule has 3 rings (SSSR count). The van der Waals surface area contributed by atoms with Gasteiger partial charge in [-0.15, -0.1) is 0 Å². The Morgan fingerprint density at radius 1 is 1.24 bits per heavy atom. The molecular weight excluding hydrogens is 372 g/mol. The summed E-state index contributed by atoms with van der Waals surface area (Å²) in [6, 6.07) is 13.1. The molecule has 2 aromatic rings. The van der Waals surface area contributed by atoms with E-state index in [1.54, 1.807) is 43.3 Å². The molecule has 7 nitrogen and oxygen atoms in total. The number of esters is 1. The maximum absolute atomic E-state index is 12.9. The number of nitrogens with one attached hydrogen (secondary N) is 1. The number of amides is 1.